The second-order valence-electron chi connectivity index (χ2n) is 3.82. The SMILES string of the molecule is Nc1cccc(Cl)c1SCCC1CNC1. The Morgan fingerprint density at radius 1 is 1.47 bits per heavy atom. The van der Waals surface area contributed by atoms with Crippen molar-refractivity contribution in [1.29, 1.82) is 0 Å². The Morgan fingerprint density at radius 3 is 2.87 bits per heavy atom. The zero-order valence-electron chi connectivity index (χ0n) is 8.50. The van der Waals surface area contributed by atoms with E-state index in [0.29, 0.717) is 0 Å². The predicted molar refractivity (Wildman–Crippen MR) is 67.6 cm³/mol. The lowest BCUT2D eigenvalue weighted by Crippen LogP contribution is -2.42. The highest BCUT2D eigenvalue weighted by molar-refractivity contribution is 7.99. The summed E-state index contributed by atoms with van der Waals surface area (Å²) in [7, 11) is 0. The molecule has 1 aliphatic rings. The van der Waals surface area contributed by atoms with Crippen molar-refractivity contribution in [3.8, 4) is 0 Å². The van der Waals surface area contributed by atoms with Gasteiger partial charge >= 0.3 is 0 Å². The summed E-state index contributed by atoms with van der Waals surface area (Å²) in [6.45, 7) is 2.33. The summed E-state index contributed by atoms with van der Waals surface area (Å²) in [6, 6.07) is 5.68. The highest BCUT2D eigenvalue weighted by Gasteiger charge is 2.16. The Hall–Kier alpha value is -0.380. The van der Waals surface area contributed by atoms with Gasteiger partial charge < -0.3 is 11.1 Å². The molecule has 0 aliphatic carbocycles. The van der Waals surface area contributed by atoms with Crippen molar-refractivity contribution < 1.29 is 0 Å². The molecule has 0 saturated carbocycles. The number of benzene rings is 1. The summed E-state index contributed by atoms with van der Waals surface area (Å²) in [5.74, 6) is 1.95. The zero-order valence-corrected chi connectivity index (χ0v) is 10.1. The first-order valence-electron chi connectivity index (χ1n) is 5.15. The van der Waals surface area contributed by atoms with Crippen molar-refractivity contribution in [2.24, 2.45) is 5.92 Å². The van der Waals surface area contributed by atoms with Gasteiger partial charge in [-0.05, 0) is 43.3 Å². The maximum Gasteiger partial charge on any atom is 0.0562 e. The molecule has 0 atom stereocenters. The van der Waals surface area contributed by atoms with Crippen molar-refractivity contribution in [2.45, 2.75) is 11.3 Å². The molecule has 1 aromatic carbocycles. The molecule has 0 spiro atoms. The molecule has 15 heavy (non-hydrogen) atoms. The highest BCUT2D eigenvalue weighted by Crippen LogP contribution is 2.33. The molecule has 3 N–H and O–H groups in total. The third-order valence-corrected chi connectivity index (χ3v) is 4.25. The summed E-state index contributed by atoms with van der Waals surface area (Å²) >= 11 is 7.85. The number of nitrogens with two attached hydrogens (primary N) is 1. The van der Waals surface area contributed by atoms with E-state index in [-0.39, 0.29) is 0 Å². The first kappa shape index (κ1) is 11.1. The number of thioether (sulfide) groups is 1. The van der Waals surface area contributed by atoms with Crippen molar-refractivity contribution in [2.75, 3.05) is 24.6 Å². The quantitative estimate of drug-likeness (QED) is 0.630. The molecule has 0 aromatic heterocycles. The van der Waals surface area contributed by atoms with Crippen LogP contribution in [0.2, 0.25) is 5.02 Å². The minimum Gasteiger partial charge on any atom is -0.398 e. The minimum atomic E-state index is 0.770. The molecule has 1 aliphatic heterocycles. The van der Waals surface area contributed by atoms with E-state index >= 15 is 0 Å². The normalized spacial score (nSPS) is 16.3. The van der Waals surface area contributed by atoms with E-state index in [1.54, 1.807) is 11.8 Å². The average Bonchev–Trinajstić information content (AvgIpc) is 2.13. The van der Waals surface area contributed by atoms with Crippen LogP contribution < -0.4 is 11.1 Å². The molecule has 82 valence electrons. The van der Waals surface area contributed by atoms with E-state index in [9.17, 15) is 0 Å². The minimum absolute atomic E-state index is 0.770. The van der Waals surface area contributed by atoms with Crippen LogP contribution in [-0.2, 0) is 0 Å². The van der Waals surface area contributed by atoms with Crippen LogP contribution in [-0.4, -0.2) is 18.8 Å². The van der Waals surface area contributed by atoms with Crippen molar-refractivity contribution >= 4 is 29.1 Å². The molecule has 4 heteroatoms. The molecule has 1 fully saturated rings. The Kier molecular flexibility index (Phi) is 3.78. The van der Waals surface area contributed by atoms with Crippen LogP contribution in [0.25, 0.3) is 0 Å². The fourth-order valence-corrected chi connectivity index (χ4v) is 3.00. The average molecular weight is 243 g/mol. The van der Waals surface area contributed by atoms with Crippen LogP contribution in [0.15, 0.2) is 23.1 Å². The van der Waals surface area contributed by atoms with Gasteiger partial charge in [-0.1, -0.05) is 17.7 Å². The van der Waals surface area contributed by atoms with E-state index in [4.69, 9.17) is 17.3 Å². The second kappa shape index (κ2) is 5.10. The van der Waals surface area contributed by atoms with Crippen molar-refractivity contribution in [3.05, 3.63) is 23.2 Å². The molecule has 1 heterocycles. The number of hydrogen-bond donors (Lipinski definition) is 2. The van der Waals surface area contributed by atoms with Crippen LogP contribution in [0.3, 0.4) is 0 Å². The van der Waals surface area contributed by atoms with Gasteiger partial charge in [0.2, 0.25) is 0 Å². The van der Waals surface area contributed by atoms with Crippen molar-refractivity contribution in [1.82, 2.24) is 5.32 Å². The van der Waals surface area contributed by atoms with E-state index in [1.807, 2.05) is 18.2 Å². The molecule has 0 amide bonds. The Morgan fingerprint density at radius 2 is 2.27 bits per heavy atom. The van der Waals surface area contributed by atoms with Crippen LogP contribution in [0.4, 0.5) is 5.69 Å². The van der Waals surface area contributed by atoms with Crippen LogP contribution >= 0.6 is 23.4 Å². The number of nitrogen functional groups attached to an aromatic ring is 1. The van der Waals surface area contributed by atoms with Crippen LogP contribution in [0, 0.1) is 5.92 Å². The summed E-state index contributed by atoms with van der Waals surface area (Å²) in [5.41, 5.74) is 6.66. The third kappa shape index (κ3) is 2.80. The van der Waals surface area contributed by atoms with E-state index in [2.05, 4.69) is 5.32 Å². The summed E-state index contributed by atoms with van der Waals surface area (Å²) in [5, 5.41) is 4.04. The lowest BCUT2D eigenvalue weighted by Gasteiger charge is -2.26. The maximum atomic E-state index is 6.08. The molecule has 0 unspecified atom stereocenters. The van der Waals surface area contributed by atoms with Gasteiger partial charge in [-0.15, -0.1) is 11.8 Å². The Bertz CT molecular complexity index is 319. The topological polar surface area (TPSA) is 38.0 Å². The summed E-state index contributed by atoms with van der Waals surface area (Å²) < 4.78 is 0. The maximum absolute atomic E-state index is 6.08. The van der Waals surface area contributed by atoms with Gasteiger partial charge in [0.25, 0.3) is 0 Å². The highest BCUT2D eigenvalue weighted by atomic mass is 35.5. The smallest absolute Gasteiger partial charge is 0.0562 e. The predicted octanol–water partition coefficient (Wildman–Crippen LogP) is 2.62. The molecule has 1 aromatic rings. The van der Waals surface area contributed by atoms with Gasteiger partial charge in [-0.25, -0.2) is 0 Å². The van der Waals surface area contributed by atoms with E-state index in [1.165, 1.54) is 19.5 Å². The fourth-order valence-electron chi connectivity index (χ4n) is 1.56. The molecular formula is C11H15ClN2S. The third-order valence-electron chi connectivity index (χ3n) is 2.64. The van der Waals surface area contributed by atoms with Crippen molar-refractivity contribution in [3.63, 3.8) is 0 Å². The Labute approximate surface area is 99.6 Å². The molecule has 0 radical (unpaired) electrons. The number of halogens is 1. The molecular weight excluding hydrogens is 228 g/mol. The van der Waals surface area contributed by atoms with Gasteiger partial charge in [-0.2, -0.15) is 0 Å². The van der Waals surface area contributed by atoms with Gasteiger partial charge in [0.1, 0.15) is 0 Å². The first-order valence-corrected chi connectivity index (χ1v) is 6.51. The van der Waals surface area contributed by atoms with Gasteiger partial charge in [0, 0.05) is 10.6 Å². The van der Waals surface area contributed by atoms with Gasteiger partial charge in [0.15, 0.2) is 0 Å². The first-order chi connectivity index (χ1) is 7.27. The Balaban J connectivity index is 1.86. The standard InChI is InChI=1S/C11H15ClN2S/c12-9-2-1-3-10(13)11(9)15-5-4-8-6-14-7-8/h1-3,8,14H,4-7,13H2. The van der Waals surface area contributed by atoms with E-state index < -0.39 is 0 Å². The molecule has 2 nitrogen and oxygen atoms in total. The largest absolute Gasteiger partial charge is 0.398 e. The van der Waals surface area contributed by atoms with Gasteiger partial charge in [-0.3, -0.25) is 0 Å². The van der Waals surface area contributed by atoms with Crippen LogP contribution in [0.1, 0.15) is 6.42 Å². The number of nitrogens with one attached hydrogen (secondary N) is 1. The number of anilines is 1. The van der Waals surface area contributed by atoms with Gasteiger partial charge in [0.05, 0.1) is 5.02 Å². The lowest BCUT2D eigenvalue weighted by atomic mass is 10.0. The molecule has 1 saturated heterocycles. The monoisotopic (exact) mass is 242 g/mol. The van der Waals surface area contributed by atoms with E-state index in [0.717, 1.165) is 27.3 Å². The zero-order chi connectivity index (χ0) is 10.7. The fraction of sp³-hybridized carbons (Fsp3) is 0.455. The lowest BCUT2D eigenvalue weighted by molar-refractivity contribution is 0.341. The molecule has 0 bridgehead atoms. The summed E-state index contributed by atoms with van der Waals surface area (Å²) in [6.07, 6.45) is 1.24. The second-order valence-corrected chi connectivity index (χ2v) is 5.33. The van der Waals surface area contributed by atoms with Crippen LogP contribution in [0.5, 0.6) is 0 Å². The summed E-state index contributed by atoms with van der Waals surface area (Å²) in [4.78, 5) is 1.03. The molecule has 2 rings (SSSR count). The number of rotatable bonds is 4. The number of hydrogen-bond acceptors (Lipinski definition) is 3.